The van der Waals surface area contributed by atoms with Gasteiger partial charge in [-0.2, -0.15) is 0 Å². The van der Waals surface area contributed by atoms with E-state index in [1.807, 2.05) is 6.92 Å². The van der Waals surface area contributed by atoms with Gasteiger partial charge in [0.15, 0.2) is 0 Å². The quantitative estimate of drug-likeness (QED) is 0.760. The van der Waals surface area contributed by atoms with Crippen molar-refractivity contribution in [3.05, 3.63) is 34.6 Å². The molecule has 0 fully saturated rings. The molecule has 0 spiro atoms. The smallest absolute Gasteiger partial charge is 0.129 e. The lowest BCUT2D eigenvalue weighted by atomic mass is 10.0. The molecule has 0 radical (unpaired) electrons. The second-order valence-electron chi connectivity index (χ2n) is 4.95. The Kier molecular flexibility index (Phi) is 8.14. The number of methoxy groups -OCH3 is 2. The van der Waals surface area contributed by atoms with Crippen LogP contribution in [0.2, 0.25) is 5.02 Å². The lowest BCUT2D eigenvalue weighted by Crippen LogP contribution is -2.44. The second-order valence-corrected chi connectivity index (χ2v) is 5.39. The number of benzene rings is 1. The van der Waals surface area contributed by atoms with Crippen LogP contribution in [0, 0.1) is 5.82 Å². The molecule has 0 aliphatic rings. The number of ether oxygens (including phenoxy) is 2. The van der Waals surface area contributed by atoms with E-state index in [-0.39, 0.29) is 17.9 Å². The van der Waals surface area contributed by atoms with E-state index in [4.69, 9.17) is 26.8 Å². The SMILES string of the molecule is COCCN(C(C)COC)C(CN)c1ccc(Cl)cc1F. The highest BCUT2D eigenvalue weighted by Crippen LogP contribution is 2.26. The van der Waals surface area contributed by atoms with Crippen molar-refractivity contribution >= 4 is 11.6 Å². The molecule has 0 aliphatic carbocycles. The van der Waals surface area contributed by atoms with Gasteiger partial charge >= 0.3 is 0 Å². The standard InChI is InChI=1S/C15H24ClFN2O2/c1-11(10-21-3)19(6-7-20-2)15(9-18)13-5-4-12(16)8-14(13)17/h4-5,8,11,15H,6-7,9-10,18H2,1-3H3. The zero-order valence-corrected chi connectivity index (χ0v) is 13.6. The molecule has 0 aliphatic heterocycles. The molecule has 0 saturated heterocycles. The number of hydrogen-bond donors (Lipinski definition) is 1. The lowest BCUT2D eigenvalue weighted by Gasteiger charge is -2.36. The summed E-state index contributed by atoms with van der Waals surface area (Å²) in [5, 5.41) is 0.375. The first kappa shape index (κ1) is 18.3. The Balaban J connectivity index is 3.04. The van der Waals surface area contributed by atoms with Gasteiger partial charge in [-0.05, 0) is 19.1 Å². The minimum Gasteiger partial charge on any atom is -0.383 e. The van der Waals surface area contributed by atoms with Crippen molar-refractivity contribution in [1.29, 1.82) is 0 Å². The molecule has 1 aromatic rings. The van der Waals surface area contributed by atoms with Crippen LogP contribution in [-0.2, 0) is 9.47 Å². The Morgan fingerprint density at radius 1 is 1.33 bits per heavy atom. The normalized spacial score (nSPS) is 14.4. The average molecular weight is 319 g/mol. The lowest BCUT2D eigenvalue weighted by molar-refractivity contribution is 0.0477. The summed E-state index contributed by atoms with van der Waals surface area (Å²) >= 11 is 5.82. The first-order valence-corrected chi connectivity index (χ1v) is 7.31. The fourth-order valence-corrected chi connectivity index (χ4v) is 2.59. The van der Waals surface area contributed by atoms with E-state index in [1.54, 1.807) is 26.4 Å². The molecule has 2 atom stereocenters. The second kappa shape index (κ2) is 9.33. The Hall–Kier alpha value is -0.720. The van der Waals surface area contributed by atoms with Crippen LogP contribution in [-0.4, -0.2) is 51.5 Å². The summed E-state index contributed by atoms with van der Waals surface area (Å²) in [6, 6.07) is 4.53. The van der Waals surface area contributed by atoms with Crippen molar-refractivity contribution < 1.29 is 13.9 Å². The van der Waals surface area contributed by atoms with E-state index in [2.05, 4.69) is 4.90 Å². The third kappa shape index (κ3) is 5.20. The molecule has 4 nitrogen and oxygen atoms in total. The molecule has 0 amide bonds. The highest BCUT2D eigenvalue weighted by Gasteiger charge is 2.26. The summed E-state index contributed by atoms with van der Waals surface area (Å²) in [4.78, 5) is 2.10. The number of nitrogens with zero attached hydrogens (tertiary/aromatic N) is 1. The molecule has 2 unspecified atom stereocenters. The summed E-state index contributed by atoms with van der Waals surface area (Å²) in [6.07, 6.45) is 0. The van der Waals surface area contributed by atoms with E-state index in [0.29, 0.717) is 36.9 Å². The fourth-order valence-electron chi connectivity index (χ4n) is 2.43. The van der Waals surface area contributed by atoms with Crippen LogP contribution in [0.1, 0.15) is 18.5 Å². The van der Waals surface area contributed by atoms with Crippen LogP contribution in [0.25, 0.3) is 0 Å². The van der Waals surface area contributed by atoms with E-state index >= 15 is 0 Å². The minimum atomic E-state index is -0.343. The first-order chi connectivity index (χ1) is 10.0. The maximum absolute atomic E-state index is 14.2. The molecule has 2 N–H and O–H groups in total. The Morgan fingerprint density at radius 3 is 2.57 bits per heavy atom. The number of nitrogens with two attached hydrogens (primary N) is 1. The Labute approximate surface area is 131 Å². The zero-order chi connectivity index (χ0) is 15.8. The van der Waals surface area contributed by atoms with Crippen molar-refractivity contribution in [1.82, 2.24) is 4.90 Å². The molecule has 1 aromatic carbocycles. The van der Waals surface area contributed by atoms with Crippen molar-refractivity contribution in [2.45, 2.75) is 19.0 Å². The van der Waals surface area contributed by atoms with Crippen LogP contribution < -0.4 is 5.73 Å². The molecule has 0 aromatic heterocycles. The molecule has 0 saturated carbocycles. The van der Waals surface area contributed by atoms with Gasteiger partial charge in [0, 0.05) is 43.9 Å². The fraction of sp³-hybridized carbons (Fsp3) is 0.600. The van der Waals surface area contributed by atoms with Crippen LogP contribution in [0.3, 0.4) is 0 Å². The van der Waals surface area contributed by atoms with Gasteiger partial charge in [-0.1, -0.05) is 17.7 Å². The number of rotatable bonds is 9. The van der Waals surface area contributed by atoms with Gasteiger partial charge in [0.05, 0.1) is 19.3 Å². The average Bonchev–Trinajstić information content (AvgIpc) is 2.45. The summed E-state index contributed by atoms with van der Waals surface area (Å²) in [7, 11) is 3.28. The van der Waals surface area contributed by atoms with Gasteiger partial charge in [0.2, 0.25) is 0 Å². The highest BCUT2D eigenvalue weighted by molar-refractivity contribution is 6.30. The van der Waals surface area contributed by atoms with Crippen molar-refractivity contribution in [3.63, 3.8) is 0 Å². The molecule has 6 heteroatoms. The molecule has 0 bridgehead atoms. The molecular formula is C15H24ClFN2O2. The summed E-state index contributed by atoms with van der Waals surface area (Å²) < 4.78 is 24.5. The van der Waals surface area contributed by atoms with Gasteiger partial charge in [-0.3, -0.25) is 4.90 Å². The van der Waals surface area contributed by atoms with Gasteiger partial charge in [0.1, 0.15) is 5.82 Å². The maximum Gasteiger partial charge on any atom is 0.129 e. The predicted molar refractivity (Wildman–Crippen MR) is 83.1 cm³/mol. The molecular weight excluding hydrogens is 295 g/mol. The third-order valence-corrected chi connectivity index (χ3v) is 3.71. The summed E-state index contributed by atoms with van der Waals surface area (Å²) in [6.45, 7) is 4.05. The first-order valence-electron chi connectivity index (χ1n) is 6.93. The summed E-state index contributed by atoms with van der Waals surface area (Å²) in [5.74, 6) is -0.343. The molecule has 120 valence electrons. The number of hydrogen-bond acceptors (Lipinski definition) is 4. The van der Waals surface area contributed by atoms with E-state index in [0.717, 1.165) is 0 Å². The Morgan fingerprint density at radius 2 is 2.05 bits per heavy atom. The third-order valence-electron chi connectivity index (χ3n) is 3.47. The van der Waals surface area contributed by atoms with E-state index in [1.165, 1.54) is 6.07 Å². The number of halogens is 2. The van der Waals surface area contributed by atoms with Crippen LogP contribution in [0.5, 0.6) is 0 Å². The van der Waals surface area contributed by atoms with Gasteiger partial charge < -0.3 is 15.2 Å². The minimum absolute atomic E-state index is 0.0915. The summed E-state index contributed by atoms with van der Waals surface area (Å²) in [5.41, 5.74) is 6.44. The van der Waals surface area contributed by atoms with Crippen LogP contribution >= 0.6 is 11.6 Å². The Bertz CT molecular complexity index is 434. The maximum atomic E-state index is 14.2. The van der Waals surface area contributed by atoms with Gasteiger partial charge in [0.25, 0.3) is 0 Å². The largest absolute Gasteiger partial charge is 0.383 e. The van der Waals surface area contributed by atoms with Crippen molar-refractivity contribution in [2.75, 3.05) is 40.5 Å². The van der Waals surface area contributed by atoms with Crippen molar-refractivity contribution in [3.8, 4) is 0 Å². The molecule has 1 rings (SSSR count). The van der Waals surface area contributed by atoms with E-state index in [9.17, 15) is 4.39 Å². The van der Waals surface area contributed by atoms with E-state index < -0.39 is 0 Å². The predicted octanol–water partition coefficient (Wildman–Crippen LogP) is 2.46. The van der Waals surface area contributed by atoms with Gasteiger partial charge in [-0.25, -0.2) is 4.39 Å². The molecule has 21 heavy (non-hydrogen) atoms. The highest BCUT2D eigenvalue weighted by atomic mass is 35.5. The van der Waals surface area contributed by atoms with Crippen LogP contribution in [0.15, 0.2) is 18.2 Å². The van der Waals surface area contributed by atoms with Crippen LogP contribution in [0.4, 0.5) is 4.39 Å². The molecule has 0 heterocycles. The van der Waals surface area contributed by atoms with Crippen molar-refractivity contribution in [2.24, 2.45) is 5.73 Å². The zero-order valence-electron chi connectivity index (χ0n) is 12.8. The monoisotopic (exact) mass is 318 g/mol. The van der Waals surface area contributed by atoms with Gasteiger partial charge in [-0.15, -0.1) is 0 Å². The topological polar surface area (TPSA) is 47.7 Å².